The maximum absolute atomic E-state index is 12.3. The molecule has 0 bridgehead atoms. The molecule has 2 atom stereocenters. The van der Waals surface area contributed by atoms with Gasteiger partial charge in [-0.15, -0.1) is 0 Å². The lowest BCUT2D eigenvalue weighted by Crippen LogP contribution is -2.47. The molecule has 1 fully saturated rings. The van der Waals surface area contributed by atoms with Gasteiger partial charge in [0.1, 0.15) is 0 Å². The van der Waals surface area contributed by atoms with Crippen molar-refractivity contribution >= 4 is 10.0 Å². The van der Waals surface area contributed by atoms with Gasteiger partial charge in [0, 0.05) is 18.6 Å². The normalized spacial score (nSPS) is 23.1. The molecule has 2 unspecified atom stereocenters. The molecule has 1 aliphatic heterocycles. The van der Waals surface area contributed by atoms with E-state index in [0.717, 1.165) is 25.7 Å². The fourth-order valence-electron chi connectivity index (χ4n) is 2.82. The van der Waals surface area contributed by atoms with Gasteiger partial charge in [0.05, 0.1) is 4.90 Å². The highest BCUT2D eigenvalue weighted by atomic mass is 32.2. The van der Waals surface area contributed by atoms with E-state index in [9.17, 15) is 8.42 Å². The summed E-state index contributed by atoms with van der Waals surface area (Å²) in [7, 11) is -3.40. The highest BCUT2D eigenvalue weighted by Gasteiger charge is 2.20. The van der Waals surface area contributed by atoms with Crippen LogP contribution in [0, 0.1) is 0 Å². The molecule has 4 nitrogen and oxygen atoms in total. The van der Waals surface area contributed by atoms with Crippen LogP contribution in [-0.4, -0.2) is 27.0 Å². The first-order valence-corrected chi connectivity index (χ1v) is 9.34. The van der Waals surface area contributed by atoms with Crippen molar-refractivity contribution < 1.29 is 8.42 Å². The number of hydrogen-bond acceptors (Lipinski definition) is 3. The van der Waals surface area contributed by atoms with Crippen LogP contribution in [0.1, 0.15) is 45.1 Å². The minimum Gasteiger partial charge on any atom is -0.310 e. The molecule has 2 N–H and O–H groups in total. The van der Waals surface area contributed by atoms with Gasteiger partial charge in [-0.1, -0.05) is 31.9 Å². The van der Waals surface area contributed by atoms with E-state index in [2.05, 4.69) is 23.9 Å². The first-order valence-electron chi connectivity index (χ1n) is 7.86. The number of benzene rings is 1. The SMILES string of the molecule is CCCc1ccc(S(=O)(=O)NCC2CCCC(C)N2)cc1. The largest absolute Gasteiger partial charge is 0.310 e. The molecule has 1 aromatic rings. The summed E-state index contributed by atoms with van der Waals surface area (Å²) < 4.78 is 27.3. The average molecular weight is 310 g/mol. The Morgan fingerprint density at radius 1 is 1.24 bits per heavy atom. The van der Waals surface area contributed by atoms with E-state index >= 15 is 0 Å². The summed E-state index contributed by atoms with van der Waals surface area (Å²) in [6, 6.07) is 7.91. The Kier molecular flexibility index (Phi) is 5.79. The fourth-order valence-corrected chi connectivity index (χ4v) is 3.90. The smallest absolute Gasteiger partial charge is 0.240 e. The Bertz CT molecular complexity index is 540. The van der Waals surface area contributed by atoms with E-state index in [1.807, 2.05) is 12.1 Å². The van der Waals surface area contributed by atoms with Gasteiger partial charge < -0.3 is 5.32 Å². The lowest BCUT2D eigenvalue weighted by atomic mass is 10.00. The Balaban J connectivity index is 1.94. The molecule has 5 heteroatoms. The van der Waals surface area contributed by atoms with Crippen LogP contribution >= 0.6 is 0 Å². The van der Waals surface area contributed by atoms with Crippen molar-refractivity contribution in [1.82, 2.24) is 10.0 Å². The van der Waals surface area contributed by atoms with Crippen LogP contribution in [0.15, 0.2) is 29.2 Å². The number of rotatable bonds is 6. The predicted octanol–water partition coefficient (Wildman–Crippen LogP) is 2.45. The maximum atomic E-state index is 12.3. The molecule has 0 spiro atoms. The van der Waals surface area contributed by atoms with Gasteiger partial charge in [-0.2, -0.15) is 0 Å². The second kappa shape index (κ2) is 7.38. The Hall–Kier alpha value is -0.910. The van der Waals surface area contributed by atoms with Crippen LogP contribution in [0.5, 0.6) is 0 Å². The van der Waals surface area contributed by atoms with E-state index < -0.39 is 10.0 Å². The van der Waals surface area contributed by atoms with Crippen molar-refractivity contribution in [1.29, 1.82) is 0 Å². The molecular weight excluding hydrogens is 284 g/mol. The predicted molar refractivity (Wildman–Crippen MR) is 85.9 cm³/mol. The summed E-state index contributed by atoms with van der Waals surface area (Å²) in [5, 5.41) is 3.44. The van der Waals surface area contributed by atoms with Gasteiger partial charge in [-0.25, -0.2) is 13.1 Å². The van der Waals surface area contributed by atoms with E-state index in [0.29, 0.717) is 17.5 Å². The van der Waals surface area contributed by atoms with Crippen molar-refractivity contribution in [2.75, 3.05) is 6.54 Å². The third-order valence-electron chi connectivity index (χ3n) is 4.00. The zero-order valence-electron chi connectivity index (χ0n) is 12.9. The Morgan fingerprint density at radius 3 is 2.57 bits per heavy atom. The van der Waals surface area contributed by atoms with Crippen molar-refractivity contribution in [3.63, 3.8) is 0 Å². The second-order valence-corrected chi connectivity index (χ2v) is 7.71. The van der Waals surface area contributed by atoms with E-state index in [1.165, 1.54) is 12.0 Å². The van der Waals surface area contributed by atoms with Gasteiger partial charge in [0.2, 0.25) is 10.0 Å². The monoisotopic (exact) mass is 310 g/mol. The van der Waals surface area contributed by atoms with Crippen molar-refractivity contribution in [2.24, 2.45) is 0 Å². The Labute approximate surface area is 128 Å². The van der Waals surface area contributed by atoms with Gasteiger partial charge in [-0.3, -0.25) is 0 Å². The van der Waals surface area contributed by atoms with Gasteiger partial charge >= 0.3 is 0 Å². The molecule has 1 aromatic carbocycles. The van der Waals surface area contributed by atoms with Gasteiger partial charge in [0.15, 0.2) is 0 Å². The zero-order valence-corrected chi connectivity index (χ0v) is 13.7. The van der Waals surface area contributed by atoms with Crippen molar-refractivity contribution in [2.45, 2.75) is 62.9 Å². The molecule has 1 heterocycles. The van der Waals surface area contributed by atoms with Crippen LogP contribution in [-0.2, 0) is 16.4 Å². The molecule has 0 saturated carbocycles. The van der Waals surface area contributed by atoms with Crippen LogP contribution in [0.25, 0.3) is 0 Å². The highest BCUT2D eigenvalue weighted by Crippen LogP contribution is 2.14. The van der Waals surface area contributed by atoms with E-state index in [-0.39, 0.29) is 6.04 Å². The summed E-state index contributed by atoms with van der Waals surface area (Å²) in [5.74, 6) is 0. The van der Waals surface area contributed by atoms with Crippen molar-refractivity contribution in [3.8, 4) is 0 Å². The number of hydrogen-bond donors (Lipinski definition) is 2. The average Bonchev–Trinajstić information content (AvgIpc) is 2.46. The lowest BCUT2D eigenvalue weighted by molar-refractivity contribution is 0.334. The summed E-state index contributed by atoms with van der Waals surface area (Å²) in [6.45, 7) is 4.72. The quantitative estimate of drug-likeness (QED) is 0.848. The number of piperidine rings is 1. The minimum atomic E-state index is -3.40. The first-order chi connectivity index (χ1) is 10.0. The lowest BCUT2D eigenvalue weighted by Gasteiger charge is -2.28. The van der Waals surface area contributed by atoms with E-state index in [1.54, 1.807) is 12.1 Å². The molecule has 0 aromatic heterocycles. The summed E-state index contributed by atoms with van der Waals surface area (Å²) in [6.07, 6.45) is 5.41. The van der Waals surface area contributed by atoms with Crippen molar-refractivity contribution in [3.05, 3.63) is 29.8 Å². The number of sulfonamides is 1. The maximum Gasteiger partial charge on any atom is 0.240 e. The van der Waals surface area contributed by atoms with Crippen LogP contribution in [0.2, 0.25) is 0 Å². The zero-order chi connectivity index (χ0) is 15.3. The summed E-state index contributed by atoms with van der Waals surface area (Å²) >= 11 is 0. The van der Waals surface area contributed by atoms with Gasteiger partial charge in [0.25, 0.3) is 0 Å². The topological polar surface area (TPSA) is 58.2 Å². The van der Waals surface area contributed by atoms with E-state index in [4.69, 9.17) is 0 Å². The molecule has 21 heavy (non-hydrogen) atoms. The minimum absolute atomic E-state index is 0.239. The third-order valence-corrected chi connectivity index (χ3v) is 5.44. The Morgan fingerprint density at radius 2 is 1.95 bits per heavy atom. The van der Waals surface area contributed by atoms with Gasteiger partial charge in [-0.05, 0) is 43.9 Å². The molecular formula is C16H26N2O2S. The number of nitrogens with one attached hydrogen (secondary N) is 2. The molecule has 1 aliphatic rings. The molecule has 2 rings (SSSR count). The third kappa shape index (κ3) is 4.80. The first kappa shape index (κ1) is 16.5. The van der Waals surface area contributed by atoms with Crippen LogP contribution < -0.4 is 10.0 Å². The highest BCUT2D eigenvalue weighted by molar-refractivity contribution is 7.89. The molecule has 0 aliphatic carbocycles. The standard InChI is InChI=1S/C16H26N2O2S/c1-3-5-14-8-10-16(11-9-14)21(19,20)17-12-15-7-4-6-13(2)18-15/h8-11,13,15,17-18H,3-7,12H2,1-2H3. The number of aryl methyl sites for hydroxylation is 1. The molecule has 0 amide bonds. The summed E-state index contributed by atoms with van der Waals surface area (Å²) in [4.78, 5) is 0.353. The fraction of sp³-hybridized carbons (Fsp3) is 0.625. The molecule has 1 saturated heterocycles. The second-order valence-electron chi connectivity index (χ2n) is 5.94. The molecule has 118 valence electrons. The van der Waals surface area contributed by atoms with Crippen LogP contribution in [0.4, 0.5) is 0 Å². The van der Waals surface area contributed by atoms with Crippen LogP contribution in [0.3, 0.4) is 0 Å². The summed E-state index contributed by atoms with van der Waals surface area (Å²) in [5.41, 5.74) is 1.18. The molecule has 0 radical (unpaired) electrons.